The van der Waals surface area contributed by atoms with Crippen molar-refractivity contribution in [2.24, 2.45) is 17.3 Å². The fraction of sp³-hybridized carbons (Fsp3) is 0.588. The van der Waals surface area contributed by atoms with Crippen LogP contribution in [0.2, 0.25) is 0 Å². The van der Waals surface area contributed by atoms with Gasteiger partial charge < -0.3 is 33.9 Å². The molecule has 2 saturated carbocycles. The molecular formula is C34H46N2O9. The van der Waals surface area contributed by atoms with Crippen LogP contribution in [0.5, 0.6) is 5.75 Å². The number of amides is 2. The first-order chi connectivity index (χ1) is 21.5. The molecule has 1 aromatic rings. The van der Waals surface area contributed by atoms with Crippen LogP contribution in [0, 0.1) is 17.3 Å². The van der Waals surface area contributed by atoms with Crippen LogP contribution in [-0.4, -0.2) is 79.7 Å². The van der Waals surface area contributed by atoms with Crippen molar-refractivity contribution in [1.29, 1.82) is 0 Å². The quantitative estimate of drug-likeness (QED) is 0.179. The lowest BCUT2D eigenvalue weighted by Crippen LogP contribution is -2.51. The average Bonchev–Trinajstić information content (AvgIpc) is 3.23. The summed E-state index contributed by atoms with van der Waals surface area (Å²) in [5.74, 6) is 0.168. The third-order valence-corrected chi connectivity index (χ3v) is 9.03. The standard InChI is InChI=1S/C34H46N2O9/c1-5-29(37)42-18-24-12-14-25(15-13-24)19-44-32(40)36-23-33(3)16-26(17-34(36,4)22-33)35-31(39)45-28(21-43-30(38)6-2)20-41-27-10-8-7-9-11-27/h5-11,24-26,28H,1-2,12-23H2,3-4H3,(H,35,39). The zero-order valence-corrected chi connectivity index (χ0v) is 26.4. The maximum Gasteiger partial charge on any atom is 0.410 e. The van der Waals surface area contributed by atoms with Gasteiger partial charge in [-0.1, -0.05) is 38.3 Å². The van der Waals surface area contributed by atoms with E-state index in [4.69, 9.17) is 23.7 Å². The van der Waals surface area contributed by atoms with E-state index in [-0.39, 0.29) is 36.7 Å². The number of rotatable bonds is 13. The Labute approximate surface area is 265 Å². The van der Waals surface area contributed by atoms with Gasteiger partial charge in [0, 0.05) is 30.3 Å². The van der Waals surface area contributed by atoms with Crippen LogP contribution in [0.1, 0.15) is 58.8 Å². The van der Waals surface area contributed by atoms with Gasteiger partial charge in [0.2, 0.25) is 0 Å². The van der Waals surface area contributed by atoms with Gasteiger partial charge in [0.05, 0.1) is 13.2 Å². The Bertz CT molecular complexity index is 1220. The van der Waals surface area contributed by atoms with Crippen molar-refractivity contribution in [3.8, 4) is 5.75 Å². The minimum atomic E-state index is -0.843. The van der Waals surface area contributed by atoms with Crippen molar-refractivity contribution in [2.75, 3.05) is 33.0 Å². The highest BCUT2D eigenvalue weighted by Gasteiger charge is 2.56. The summed E-state index contributed by atoms with van der Waals surface area (Å²) in [7, 11) is 0. The Morgan fingerprint density at radius 2 is 1.53 bits per heavy atom. The van der Waals surface area contributed by atoms with Gasteiger partial charge in [-0.3, -0.25) is 0 Å². The number of ether oxygens (including phenoxy) is 5. The lowest BCUT2D eigenvalue weighted by molar-refractivity contribution is -0.141. The Hall–Kier alpha value is -4.02. The molecule has 4 rings (SSSR count). The van der Waals surface area contributed by atoms with Crippen molar-refractivity contribution in [2.45, 2.75) is 76.5 Å². The maximum atomic E-state index is 13.3. The molecule has 2 bridgehead atoms. The third kappa shape index (κ3) is 9.73. The first-order valence-electron chi connectivity index (χ1n) is 15.7. The predicted octanol–water partition coefficient (Wildman–Crippen LogP) is 5.19. The predicted molar refractivity (Wildman–Crippen MR) is 165 cm³/mol. The van der Waals surface area contributed by atoms with Crippen molar-refractivity contribution >= 4 is 24.1 Å². The highest BCUT2D eigenvalue weighted by molar-refractivity contribution is 5.81. The van der Waals surface area contributed by atoms with Crippen LogP contribution in [0.3, 0.4) is 0 Å². The fourth-order valence-electron chi connectivity index (χ4n) is 7.05. The molecule has 1 saturated heterocycles. The van der Waals surface area contributed by atoms with E-state index in [9.17, 15) is 19.2 Å². The minimum absolute atomic E-state index is 0.00795. The van der Waals surface area contributed by atoms with Gasteiger partial charge in [0.25, 0.3) is 0 Å². The van der Waals surface area contributed by atoms with Gasteiger partial charge in [0.15, 0.2) is 6.10 Å². The SMILES string of the molecule is C=CC(=O)OCC1CCC(COC(=O)N2CC3(C)CC(NC(=O)OC(COC(=O)C=C)COc4ccccc4)CC2(C)C3)CC1. The van der Waals surface area contributed by atoms with Crippen molar-refractivity contribution in [3.05, 3.63) is 55.6 Å². The van der Waals surface area contributed by atoms with E-state index < -0.39 is 29.7 Å². The van der Waals surface area contributed by atoms with E-state index in [1.165, 1.54) is 6.08 Å². The highest BCUT2D eigenvalue weighted by Crippen LogP contribution is 2.51. The van der Waals surface area contributed by atoms with Crippen LogP contribution in [0.15, 0.2) is 55.6 Å². The van der Waals surface area contributed by atoms with Gasteiger partial charge >= 0.3 is 24.1 Å². The molecule has 1 aromatic carbocycles. The number of esters is 2. The Kier molecular flexibility index (Phi) is 11.5. The lowest BCUT2D eigenvalue weighted by Gasteiger charge is -2.41. The van der Waals surface area contributed by atoms with Crippen molar-refractivity contribution in [1.82, 2.24) is 10.2 Å². The van der Waals surface area contributed by atoms with Gasteiger partial charge in [-0.2, -0.15) is 0 Å². The maximum absolute atomic E-state index is 13.3. The molecule has 2 aliphatic carbocycles. The summed E-state index contributed by atoms with van der Waals surface area (Å²) in [6.45, 7) is 12.1. The third-order valence-electron chi connectivity index (χ3n) is 9.03. The molecule has 1 N–H and O–H groups in total. The number of carbonyl (C=O) groups is 4. The first kappa shape index (κ1) is 33.9. The zero-order chi connectivity index (χ0) is 32.5. The number of fused-ring (bicyclic) bond motifs is 2. The molecule has 45 heavy (non-hydrogen) atoms. The minimum Gasteiger partial charge on any atom is -0.490 e. The van der Waals surface area contributed by atoms with E-state index in [0.717, 1.165) is 38.2 Å². The number of nitrogens with one attached hydrogen (secondary N) is 1. The molecule has 1 aliphatic heterocycles. The van der Waals surface area contributed by atoms with Crippen LogP contribution in [-0.2, 0) is 28.5 Å². The highest BCUT2D eigenvalue weighted by atomic mass is 16.6. The largest absolute Gasteiger partial charge is 0.490 e. The molecule has 3 aliphatic rings. The number of para-hydroxylation sites is 1. The summed E-state index contributed by atoms with van der Waals surface area (Å²) < 4.78 is 27.5. The molecule has 4 atom stereocenters. The Morgan fingerprint density at radius 1 is 0.911 bits per heavy atom. The molecule has 0 spiro atoms. The molecule has 3 fully saturated rings. The van der Waals surface area contributed by atoms with Crippen molar-refractivity contribution in [3.63, 3.8) is 0 Å². The molecule has 2 amide bonds. The summed E-state index contributed by atoms with van der Waals surface area (Å²) in [4.78, 5) is 51.1. The number of carbonyl (C=O) groups excluding carboxylic acids is 4. The van der Waals surface area contributed by atoms with Gasteiger partial charge in [-0.15, -0.1) is 0 Å². The molecule has 11 heteroatoms. The molecule has 4 unspecified atom stereocenters. The van der Waals surface area contributed by atoms with E-state index in [2.05, 4.69) is 25.4 Å². The Morgan fingerprint density at radius 3 is 2.18 bits per heavy atom. The number of hydrogen-bond acceptors (Lipinski definition) is 9. The second-order valence-electron chi connectivity index (χ2n) is 13.1. The summed E-state index contributed by atoms with van der Waals surface area (Å²) in [5.41, 5.74) is -0.676. The smallest absolute Gasteiger partial charge is 0.410 e. The van der Waals surface area contributed by atoms with Crippen LogP contribution < -0.4 is 10.1 Å². The molecular weight excluding hydrogens is 580 g/mol. The van der Waals surface area contributed by atoms with Crippen LogP contribution in [0.4, 0.5) is 9.59 Å². The number of benzene rings is 1. The molecule has 0 aromatic heterocycles. The number of alkyl carbamates (subject to hydrolysis) is 1. The summed E-state index contributed by atoms with van der Waals surface area (Å²) in [6.07, 6.45) is 6.12. The summed E-state index contributed by atoms with van der Waals surface area (Å²) in [6, 6.07) is 8.84. The number of nitrogens with zero attached hydrogens (tertiary/aromatic N) is 1. The van der Waals surface area contributed by atoms with Crippen LogP contribution >= 0.6 is 0 Å². The second-order valence-corrected chi connectivity index (χ2v) is 13.1. The summed E-state index contributed by atoms with van der Waals surface area (Å²) in [5, 5.41) is 2.98. The lowest BCUT2D eigenvalue weighted by atomic mass is 9.70. The molecule has 0 radical (unpaired) electrons. The molecule has 246 valence electrons. The average molecular weight is 627 g/mol. The molecule has 11 nitrogen and oxygen atoms in total. The van der Waals surface area contributed by atoms with Gasteiger partial charge in [-0.25, -0.2) is 19.2 Å². The summed E-state index contributed by atoms with van der Waals surface area (Å²) >= 11 is 0. The fourth-order valence-corrected chi connectivity index (χ4v) is 7.05. The van der Waals surface area contributed by atoms with Gasteiger partial charge in [-0.05, 0) is 81.3 Å². The van der Waals surface area contributed by atoms with E-state index in [1.54, 1.807) is 12.1 Å². The van der Waals surface area contributed by atoms with Gasteiger partial charge in [0.1, 0.15) is 19.0 Å². The molecule has 1 heterocycles. The second kappa shape index (κ2) is 15.3. The zero-order valence-electron chi connectivity index (χ0n) is 26.4. The topological polar surface area (TPSA) is 130 Å². The monoisotopic (exact) mass is 626 g/mol. The van der Waals surface area contributed by atoms with Crippen LogP contribution in [0.25, 0.3) is 0 Å². The van der Waals surface area contributed by atoms with E-state index >= 15 is 0 Å². The first-order valence-corrected chi connectivity index (χ1v) is 15.7. The van der Waals surface area contributed by atoms with E-state index in [0.29, 0.717) is 44.3 Å². The van der Waals surface area contributed by atoms with E-state index in [1.807, 2.05) is 30.0 Å². The number of hydrogen-bond donors (Lipinski definition) is 1. The number of likely N-dealkylation sites (tertiary alicyclic amines) is 1. The Balaban J connectivity index is 1.26. The van der Waals surface area contributed by atoms with Crippen molar-refractivity contribution < 1.29 is 42.9 Å². The normalized spacial score (nSPS) is 27.8.